The molecule has 0 atom stereocenters. The van der Waals surface area contributed by atoms with Gasteiger partial charge in [0, 0.05) is 17.7 Å². The normalized spacial score (nSPS) is 11.3. The van der Waals surface area contributed by atoms with Gasteiger partial charge in [0.15, 0.2) is 0 Å². The first-order valence-corrected chi connectivity index (χ1v) is 6.11. The highest BCUT2D eigenvalue weighted by Gasteiger charge is 2.36. The van der Waals surface area contributed by atoms with E-state index in [2.05, 4.69) is 19.4 Å². The molecule has 23 heavy (non-hydrogen) atoms. The number of non-ortho nitro benzene ring substituents is 1. The van der Waals surface area contributed by atoms with Crippen molar-refractivity contribution in [2.24, 2.45) is 0 Å². The number of nitrogens with zero attached hydrogens (tertiary/aromatic N) is 3. The van der Waals surface area contributed by atoms with Crippen LogP contribution in [0.25, 0.3) is 11.4 Å². The first-order chi connectivity index (χ1) is 10.7. The standard InChI is InChI=1S/C12H8F3N3O5/c1-2-22-11(19)10-16-9(17-23-10)7-4-3-6(18(20)21)5-8(7)12(13,14)15/h3-5H,2H2,1H3. The third-order valence-corrected chi connectivity index (χ3v) is 2.64. The summed E-state index contributed by atoms with van der Waals surface area (Å²) in [5.41, 5.74) is -2.61. The Hall–Kier alpha value is -2.98. The summed E-state index contributed by atoms with van der Waals surface area (Å²) in [5, 5.41) is 13.9. The average molecular weight is 331 g/mol. The Morgan fingerprint density at radius 2 is 2.13 bits per heavy atom. The molecule has 122 valence electrons. The van der Waals surface area contributed by atoms with Gasteiger partial charge in [0.05, 0.1) is 17.1 Å². The van der Waals surface area contributed by atoms with E-state index in [0.29, 0.717) is 6.07 Å². The van der Waals surface area contributed by atoms with Crippen molar-refractivity contribution in [2.75, 3.05) is 6.61 Å². The van der Waals surface area contributed by atoms with Crippen molar-refractivity contribution < 1.29 is 32.1 Å². The van der Waals surface area contributed by atoms with Crippen molar-refractivity contribution in [1.29, 1.82) is 0 Å². The van der Waals surface area contributed by atoms with Gasteiger partial charge >= 0.3 is 18.0 Å². The van der Waals surface area contributed by atoms with E-state index in [0.717, 1.165) is 12.1 Å². The molecule has 0 amide bonds. The fourth-order valence-corrected chi connectivity index (χ4v) is 1.68. The number of hydrogen-bond acceptors (Lipinski definition) is 7. The van der Waals surface area contributed by atoms with Gasteiger partial charge in [0.25, 0.3) is 5.69 Å². The van der Waals surface area contributed by atoms with E-state index < -0.39 is 45.6 Å². The van der Waals surface area contributed by atoms with Crippen LogP contribution in [0.3, 0.4) is 0 Å². The van der Waals surface area contributed by atoms with Crippen molar-refractivity contribution in [3.8, 4) is 11.4 Å². The molecule has 0 N–H and O–H groups in total. The van der Waals surface area contributed by atoms with E-state index in [-0.39, 0.29) is 6.61 Å². The molecule has 0 aliphatic heterocycles. The van der Waals surface area contributed by atoms with Crippen LogP contribution in [0.2, 0.25) is 0 Å². The minimum Gasteiger partial charge on any atom is -0.459 e. The highest BCUT2D eigenvalue weighted by atomic mass is 19.4. The van der Waals surface area contributed by atoms with E-state index in [1.54, 1.807) is 0 Å². The number of carbonyl (C=O) groups is 1. The first kappa shape index (κ1) is 16.4. The van der Waals surface area contributed by atoms with Gasteiger partial charge in [-0.1, -0.05) is 5.16 Å². The predicted molar refractivity (Wildman–Crippen MR) is 67.3 cm³/mol. The fourth-order valence-electron chi connectivity index (χ4n) is 1.68. The van der Waals surface area contributed by atoms with Crippen LogP contribution < -0.4 is 0 Å². The zero-order valence-electron chi connectivity index (χ0n) is 11.5. The number of rotatable bonds is 4. The Morgan fingerprint density at radius 1 is 1.43 bits per heavy atom. The summed E-state index contributed by atoms with van der Waals surface area (Å²) in [7, 11) is 0. The molecule has 2 rings (SSSR count). The van der Waals surface area contributed by atoms with Crippen LogP contribution in [-0.2, 0) is 10.9 Å². The Bertz CT molecular complexity index is 757. The summed E-state index contributed by atoms with van der Waals surface area (Å²) in [4.78, 5) is 24.6. The molecule has 0 aliphatic rings. The number of alkyl halides is 3. The third kappa shape index (κ3) is 3.44. The summed E-state index contributed by atoms with van der Waals surface area (Å²) in [6.45, 7) is 1.54. The summed E-state index contributed by atoms with van der Waals surface area (Å²) >= 11 is 0. The number of ether oxygens (including phenoxy) is 1. The Labute approximate surface area is 126 Å². The zero-order chi connectivity index (χ0) is 17.2. The fraction of sp³-hybridized carbons (Fsp3) is 0.250. The minimum atomic E-state index is -4.88. The van der Waals surface area contributed by atoms with Crippen molar-refractivity contribution in [1.82, 2.24) is 10.1 Å². The average Bonchev–Trinajstić information content (AvgIpc) is 2.95. The van der Waals surface area contributed by atoms with Crippen LogP contribution in [-0.4, -0.2) is 27.6 Å². The number of carbonyl (C=O) groups excluding carboxylic acids is 1. The number of benzene rings is 1. The lowest BCUT2D eigenvalue weighted by atomic mass is 10.1. The summed E-state index contributed by atoms with van der Waals surface area (Å²) < 4.78 is 48.3. The first-order valence-electron chi connectivity index (χ1n) is 6.11. The van der Waals surface area contributed by atoms with E-state index in [1.165, 1.54) is 6.92 Å². The number of hydrogen-bond donors (Lipinski definition) is 0. The van der Waals surface area contributed by atoms with Crippen molar-refractivity contribution in [3.05, 3.63) is 39.8 Å². The topological polar surface area (TPSA) is 108 Å². The molecule has 0 saturated carbocycles. The van der Waals surface area contributed by atoms with Crippen molar-refractivity contribution in [2.45, 2.75) is 13.1 Å². The van der Waals surface area contributed by atoms with Crippen LogP contribution in [0, 0.1) is 10.1 Å². The number of nitro benzene ring substituents is 1. The molecule has 0 fully saturated rings. The molecule has 0 radical (unpaired) electrons. The highest BCUT2D eigenvalue weighted by Crippen LogP contribution is 2.38. The zero-order valence-corrected chi connectivity index (χ0v) is 11.5. The maximum absolute atomic E-state index is 13.1. The summed E-state index contributed by atoms with van der Waals surface area (Å²) in [5.74, 6) is -2.13. The molecular formula is C12H8F3N3O5. The van der Waals surface area contributed by atoms with Gasteiger partial charge in [-0.3, -0.25) is 10.1 Å². The van der Waals surface area contributed by atoms with Crippen molar-refractivity contribution in [3.63, 3.8) is 0 Å². The lowest BCUT2D eigenvalue weighted by Gasteiger charge is -2.09. The van der Waals surface area contributed by atoms with E-state index in [9.17, 15) is 28.1 Å². The van der Waals surface area contributed by atoms with Crippen LogP contribution in [0.5, 0.6) is 0 Å². The van der Waals surface area contributed by atoms with Gasteiger partial charge < -0.3 is 9.26 Å². The summed E-state index contributed by atoms with van der Waals surface area (Å²) in [6, 6.07) is 2.06. The monoisotopic (exact) mass is 331 g/mol. The molecule has 11 heteroatoms. The second-order valence-corrected chi connectivity index (χ2v) is 4.13. The molecule has 0 aliphatic carbocycles. The SMILES string of the molecule is CCOC(=O)c1nc(-c2ccc([N+](=O)[O-])cc2C(F)(F)F)no1. The Balaban J connectivity index is 2.51. The van der Waals surface area contributed by atoms with Crippen LogP contribution in [0.15, 0.2) is 22.7 Å². The molecule has 8 nitrogen and oxygen atoms in total. The van der Waals surface area contributed by atoms with Crippen LogP contribution in [0.1, 0.15) is 23.2 Å². The largest absolute Gasteiger partial charge is 0.459 e. The Kier molecular flexibility index (Phi) is 4.29. The van der Waals surface area contributed by atoms with Crippen LogP contribution >= 0.6 is 0 Å². The molecule has 0 saturated heterocycles. The molecule has 0 unspecified atom stereocenters. The minimum absolute atomic E-state index is 0.0158. The van der Waals surface area contributed by atoms with Gasteiger partial charge in [-0.05, 0) is 13.0 Å². The van der Waals surface area contributed by atoms with Gasteiger partial charge in [0.1, 0.15) is 0 Å². The lowest BCUT2D eigenvalue weighted by Crippen LogP contribution is -2.09. The molecule has 0 spiro atoms. The lowest BCUT2D eigenvalue weighted by molar-refractivity contribution is -0.385. The second-order valence-electron chi connectivity index (χ2n) is 4.13. The molecule has 1 aromatic heterocycles. The predicted octanol–water partition coefficient (Wildman–Crippen LogP) is 2.84. The van der Waals surface area contributed by atoms with E-state index in [4.69, 9.17) is 0 Å². The van der Waals surface area contributed by atoms with E-state index in [1.807, 2.05) is 0 Å². The van der Waals surface area contributed by atoms with Crippen molar-refractivity contribution >= 4 is 11.7 Å². The van der Waals surface area contributed by atoms with Gasteiger partial charge in [-0.25, -0.2) is 4.79 Å². The maximum Gasteiger partial charge on any atom is 0.417 e. The quantitative estimate of drug-likeness (QED) is 0.481. The Morgan fingerprint density at radius 3 is 2.70 bits per heavy atom. The maximum atomic E-state index is 13.1. The summed E-state index contributed by atoms with van der Waals surface area (Å²) in [6.07, 6.45) is -4.88. The molecule has 1 aromatic carbocycles. The number of aromatic nitrogens is 2. The molecule has 2 aromatic rings. The number of halogens is 3. The van der Waals surface area contributed by atoms with Gasteiger partial charge in [-0.2, -0.15) is 18.2 Å². The van der Waals surface area contributed by atoms with Gasteiger partial charge in [-0.15, -0.1) is 0 Å². The molecular weight excluding hydrogens is 323 g/mol. The number of esters is 1. The highest BCUT2D eigenvalue weighted by molar-refractivity contribution is 5.84. The molecule has 1 heterocycles. The van der Waals surface area contributed by atoms with Crippen LogP contribution in [0.4, 0.5) is 18.9 Å². The van der Waals surface area contributed by atoms with Gasteiger partial charge in [0.2, 0.25) is 5.82 Å². The molecule has 0 bridgehead atoms. The van der Waals surface area contributed by atoms with E-state index >= 15 is 0 Å². The second kappa shape index (κ2) is 6.02. The number of nitro groups is 1. The smallest absolute Gasteiger partial charge is 0.417 e. The third-order valence-electron chi connectivity index (χ3n) is 2.64.